The summed E-state index contributed by atoms with van der Waals surface area (Å²) in [6.45, 7) is 3.75. The Kier molecular flexibility index (Phi) is 7.12. The Labute approximate surface area is 168 Å². The molecule has 0 saturated heterocycles. The van der Waals surface area contributed by atoms with E-state index in [4.69, 9.17) is 32.7 Å². The van der Waals surface area contributed by atoms with E-state index < -0.39 is 5.91 Å². The van der Waals surface area contributed by atoms with E-state index in [0.717, 1.165) is 0 Å². The Morgan fingerprint density at radius 1 is 1.26 bits per heavy atom. The number of rotatable bonds is 6. The number of nitrogens with zero attached hydrogens (tertiary/aromatic N) is 1. The van der Waals surface area contributed by atoms with E-state index in [2.05, 4.69) is 5.32 Å². The predicted molar refractivity (Wildman–Crippen MR) is 107 cm³/mol. The smallest absolute Gasteiger partial charge is 0.266 e. The minimum atomic E-state index is -0.597. The van der Waals surface area contributed by atoms with Crippen LogP contribution in [0.2, 0.25) is 10.0 Å². The summed E-state index contributed by atoms with van der Waals surface area (Å²) in [4.78, 5) is 12.5. The summed E-state index contributed by atoms with van der Waals surface area (Å²) in [7, 11) is 1.52. The van der Waals surface area contributed by atoms with Gasteiger partial charge in [-0.05, 0) is 44.2 Å². The van der Waals surface area contributed by atoms with Crippen molar-refractivity contribution in [2.24, 2.45) is 0 Å². The maximum absolute atomic E-state index is 12.5. The number of benzene rings is 2. The van der Waals surface area contributed by atoms with Crippen LogP contribution < -0.4 is 14.8 Å². The van der Waals surface area contributed by atoms with Gasteiger partial charge in [-0.15, -0.1) is 0 Å². The van der Waals surface area contributed by atoms with E-state index in [0.29, 0.717) is 27.8 Å². The van der Waals surface area contributed by atoms with Crippen molar-refractivity contribution >= 4 is 40.9 Å². The highest BCUT2D eigenvalue weighted by Crippen LogP contribution is 2.33. The molecule has 1 amide bonds. The summed E-state index contributed by atoms with van der Waals surface area (Å²) < 4.78 is 11.1. The molecule has 2 rings (SSSR count). The molecule has 0 aliphatic rings. The van der Waals surface area contributed by atoms with Gasteiger partial charge in [0.25, 0.3) is 5.91 Å². The van der Waals surface area contributed by atoms with E-state index in [1.807, 2.05) is 19.9 Å². The average molecular weight is 405 g/mol. The van der Waals surface area contributed by atoms with Crippen LogP contribution in [0.1, 0.15) is 19.4 Å². The maximum atomic E-state index is 12.5. The molecule has 27 heavy (non-hydrogen) atoms. The summed E-state index contributed by atoms with van der Waals surface area (Å²) >= 11 is 11.9. The zero-order valence-corrected chi connectivity index (χ0v) is 16.6. The highest BCUT2D eigenvalue weighted by molar-refractivity contribution is 6.36. The van der Waals surface area contributed by atoms with Crippen LogP contribution >= 0.6 is 23.2 Å². The molecule has 0 unspecified atom stereocenters. The first-order valence-corrected chi connectivity index (χ1v) is 8.83. The van der Waals surface area contributed by atoms with Crippen LogP contribution in [0.15, 0.2) is 42.0 Å². The third-order valence-corrected chi connectivity index (χ3v) is 3.97. The van der Waals surface area contributed by atoms with Crippen molar-refractivity contribution in [3.8, 4) is 17.6 Å². The van der Waals surface area contributed by atoms with Gasteiger partial charge in [-0.25, -0.2) is 0 Å². The zero-order valence-electron chi connectivity index (χ0n) is 15.0. The summed E-state index contributed by atoms with van der Waals surface area (Å²) in [6.07, 6.45) is 1.33. The van der Waals surface area contributed by atoms with E-state index in [9.17, 15) is 10.1 Å². The van der Waals surface area contributed by atoms with Crippen LogP contribution in [0.4, 0.5) is 5.69 Å². The molecular formula is C20H18Cl2N2O3. The highest BCUT2D eigenvalue weighted by Gasteiger charge is 2.16. The highest BCUT2D eigenvalue weighted by atomic mass is 35.5. The molecule has 0 aromatic heterocycles. The van der Waals surface area contributed by atoms with Gasteiger partial charge in [0.15, 0.2) is 11.5 Å². The van der Waals surface area contributed by atoms with Gasteiger partial charge in [0.05, 0.1) is 23.9 Å². The van der Waals surface area contributed by atoms with E-state index in [1.54, 1.807) is 30.3 Å². The second kappa shape index (κ2) is 9.31. The number of halogens is 2. The molecule has 140 valence electrons. The van der Waals surface area contributed by atoms with Crippen molar-refractivity contribution in [3.63, 3.8) is 0 Å². The Hall–Kier alpha value is -2.68. The number of methoxy groups -OCH3 is 1. The molecule has 2 aromatic carbocycles. The Morgan fingerprint density at radius 2 is 2.00 bits per heavy atom. The van der Waals surface area contributed by atoms with Crippen LogP contribution in [-0.2, 0) is 4.79 Å². The maximum Gasteiger partial charge on any atom is 0.266 e. The minimum Gasteiger partial charge on any atom is -0.493 e. The number of para-hydroxylation sites is 1. The Morgan fingerprint density at radius 3 is 2.59 bits per heavy atom. The van der Waals surface area contributed by atoms with E-state index in [-0.39, 0.29) is 16.7 Å². The van der Waals surface area contributed by atoms with Crippen molar-refractivity contribution in [1.29, 1.82) is 5.26 Å². The van der Waals surface area contributed by atoms with Crippen molar-refractivity contribution in [1.82, 2.24) is 0 Å². The topological polar surface area (TPSA) is 71.3 Å². The van der Waals surface area contributed by atoms with Gasteiger partial charge in [-0.1, -0.05) is 35.3 Å². The Bertz CT molecular complexity index is 918. The van der Waals surface area contributed by atoms with Crippen molar-refractivity contribution < 1.29 is 14.3 Å². The van der Waals surface area contributed by atoms with Crippen LogP contribution in [0.25, 0.3) is 6.08 Å². The molecule has 0 atom stereocenters. The fourth-order valence-corrected chi connectivity index (χ4v) is 2.71. The van der Waals surface area contributed by atoms with Gasteiger partial charge < -0.3 is 14.8 Å². The van der Waals surface area contributed by atoms with E-state index in [1.165, 1.54) is 19.3 Å². The normalized spacial score (nSPS) is 11.1. The number of hydrogen-bond acceptors (Lipinski definition) is 4. The average Bonchev–Trinajstić information content (AvgIpc) is 2.62. The molecule has 0 bridgehead atoms. The first kappa shape index (κ1) is 20.6. The second-order valence-electron chi connectivity index (χ2n) is 5.79. The van der Waals surface area contributed by atoms with Crippen LogP contribution in [0.3, 0.4) is 0 Å². The lowest BCUT2D eigenvalue weighted by Crippen LogP contribution is -2.14. The number of carbonyl (C=O) groups is 1. The molecule has 0 radical (unpaired) electrons. The molecule has 0 heterocycles. The van der Waals surface area contributed by atoms with Gasteiger partial charge >= 0.3 is 0 Å². The predicted octanol–water partition coefficient (Wildman–Crippen LogP) is 5.33. The molecule has 0 aliphatic heterocycles. The lowest BCUT2D eigenvalue weighted by atomic mass is 10.1. The van der Waals surface area contributed by atoms with Gasteiger partial charge in [-0.2, -0.15) is 5.26 Å². The van der Waals surface area contributed by atoms with Gasteiger partial charge in [0, 0.05) is 10.6 Å². The number of amides is 1. The number of nitrogens with one attached hydrogen (secondary N) is 1. The molecular weight excluding hydrogens is 387 g/mol. The van der Waals surface area contributed by atoms with Gasteiger partial charge in [0.1, 0.15) is 11.6 Å². The van der Waals surface area contributed by atoms with Gasteiger partial charge in [-0.3, -0.25) is 4.79 Å². The number of nitriles is 1. The lowest BCUT2D eigenvalue weighted by Gasteiger charge is -2.16. The number of anilines is 1. The van der Waals surface area contributed by atoms with Crippen molar-refractivity contribution in [3.05, 3.63) is 57.6 Å². The first-order chi connectivity index (χ1) is 12.8. The summed E-state index contributed by atoms with van der Waals surface area (Å²) in [5.74, 6) is 0.371. The molecule has 0 saturated carbocycles. The largest absolute Gasteiger partial charge is 0.493 e. The fourth-order valence-electron chi connectivity index (χ4n) is 2.25. The number of hydrogen-bond donors (Lipinski definition) is 1. The second-order valence-corrected chi connectivity index (χ2v) is 6.64. The molecule has 5 nitrogen and oxygen atoms in total. The van der Waals surface area contributed by atoms with Crippen molar-refractivity contribution in [2.75, 3.05) is 12.4 Å². The van der Waals surface area contributed by atoms with Crippen LogP contribution in [0.5, 0.6) is 11.5 Å². The summed E-state index contributed by atoms with van der Waals surface area (Å²) in [5, 5.41) is 12.8. The summed E-state index contributed by atoms with van der Waals surface area (Å²) in [5.41, 5.74) is 0.802. The molecule has 1 N–H and O–H groups in total. The minimum absolute atomic E-state index is 0.108. The van der Waals surface area contributed by atoms with Crippen LogP contribution in [0, 0.1) is 11.3 Å². The number of ether oxygens (including phenoxy) is 2. The monoisotopic (exact) mass is 404 g/mol. The van der Waals surface area contributed by atoms with Crippen molar-refractivity contribution in [2.45, 2.75) is 20.0 Å². The van der Waals surface area contributed by atoms with E-state index >= 15 is 0 Å². The third kappa shape index (κ3) is 5.40. The number of carbonyl (C=O) groups excluding carboxylic acids is 1. The first-order valence-electron chi connectivity index (χ1n) is 8.07. The Balaban J connectivity index is 2.38. The quantitative estimate of drug-likeness (QED) is 0.521. The molecule has 7 heteroatoms. The fraction of sp³-hybridized carbons (Fsp3) is 0.200. The standard InChI is InChI=1S/C20H18Cl2N2O3/c1-12(2)27-19-13(5-4-6-18(19)26-3)9-14(11-23)20(25)24-17-8-7-15(21)10-16(17)22/h4-10,12H,1-3H3,(H,24,25)/b14-9-. The molecule has 0 fully saturated rings. The zero-order chi connectivity index (χ0) is 20.0. The van der Waals surface area contributed by atoms with Gasteiger partial charge in [0.2, 0.25) is 0 Å². The third-order valence-electron chi connectivity index (χ3n) is 3.43. The molecule has 2 aromatic rings. The molecule has 0 aliphatic carbocycles. The lowest BCUT2D eigenvalue weighted by molar-refractivity contribution is -0.112. The summed E-state index contributed by atoms with van der Waals surface area (Å²) in [6, 6.07) is 11.8. The SMILES string of the molecule is COc1cccc(/C=C(/C#N)C(=O)Nc2ccc(Cl)cc2Cl)c1OC(C)C. The molecule has 0 spiro atoms. The van der Waals surface area contributed by atoms with Crippen LogP contribution in [-0.4, -0.2) is 19.1 Å².